The Morgan fingerprint density at radius 2 is 1.68 bits per heavy atom. The fourth-order valence-corrected chi connectivity index (χ4v) is 1.30. The zero-order chi connectivity index (χ0) is 13.8. The number of nitro groups is 2. The summed E-state index contributed by atoms with van der Waals surface area (Å²) in [6.45, 7) is 0. The van der Waals surface area contributed by atoms with Crippen LogP contribution in [0.25, 0.3) is 0 Å². The molecule has 0 spiro atoms. The predicted octanol–water partition coefficient (Wildman–Crippen LogP) is 2.09. The molecule has 0 aliphatic carbocycles. The Balaban J connectivity index is 2.42. The standard InChI is InChI=1S/C10H6N4O5/c15-13(16)7-3-1-6-12-10(7)19-8-4-2-5-11-9(8)14(17)18/h1-6H. The van der Waals surface area contributed by atoms with E-state index < -0.39 is 15.7 Å². The molecule has 0 fully saturated rings. The average Bonchev–Trinajstić information content (AvgIpc) is 2.39. The van der Waals surface area contributed by atoms with Gasteiger partial charge >= 0.3 is 11.5 Å². The van der Waals surface area contributed by atoms with Crippen LogP contribution in [0.2, 0.25) is 0 Å². The van der Waals surface area contributed by atoms with Crippen LogP contribution in [-0.4, -0.2) is 19.8 Å². The third kappa shape index (κ3) is 2.60. The predicted molar refractivity (Wildman–Crippen MR) is 61.9 cm³/mol. The molecule has 0 bridgehead atoms. The summed E-state index contributed by atoms with van der Waals surface area (Å²) in [6, 6.07) is 5.24. The van der Waals surface area contributed by atoms with E-state index in [1.807, 2.05) is 0 Å². The second-order valence-corrected chi connectivity index (χ2v) is 3.27. The molecule has 0 radical (unpaired) electrons. The van der Waals surface area contributed by atoms with Gasteiger partial charge in [-0.25, -0.2) is 4.98 Å². The van der Waals surface area contributed by atoms with E-state index in [9.17, 15) is 20.2 Å². The van der Waals surface area contributed by atoms with Gasteiger partial charge in [-0.05, 0) is 28.1 Å². The first kappa shape index (κ1) is 12.4. The van der Waals surface area contributed by atoms with Gasteiger partial charge < -0.3 is 14.9 Å². The van der Waals surface area contributed by atoms with Crippen LogP contribution < -0.4 is 4.74 Å². The topological polar surface area (TPSA) is 121 Å². The molecule has 0 N–H and O–H groups in total. The lowest BCUT2D eigenvalue weighted by molar-refractivity contribution is -0.391. The molecule has 2 heterocycles. The van der Waals surface area contributed by atoms with Crippen molar-refractivity contribution in [1.82, 2.24) is 9.97 Å². The normalized spacial score (nSPS) is 9.89. The maximum Gasteiger partial charge on any atom is 0.406 e. The van der Waals surface area contributed by atoms with Crippen molar-refractivity contribution in [2.24, 2.45) is 0 Å². The number of hydrogen-bond donors (Lipinski definition) is 0. The molecule has 2 rings (SSSR count). The van der Waals surface area contributed by atoms with Crippen LogP contribution >= 0.6 is 0 Å². The summed E-state index contributed by atoms with van der Waals surface area (Å²) >= 11 is 0. The second kappa shape index (κ2) is 5.04. The zero-order valence-electron chi connectivity index (χ0n) is 9.29. The van der Waals surface area contributed by atoms with Crippen molar-refractivity contribution < 1.29 is 14.6 Å². The Bertz CT molecular complexity index is 590. The van der Waals surface area contributed by atoms with Crippen LogP contribution in [0.3, 0.4) is 0 Å². The molecule has 2 aromatic heterocycles. The van der Waals surface area contributed by atoms with Gasteiger partial charge in [0.25, 0.3) is 5.88 Å². The van der Waals surface area contributed by atoms with E-state index in [0.29, 0.717) is 0 Å². The summed E-state index contributed by atoms with van der Waals surface area (Å²) in [4.78, 5) is 27.3. The number of pyridine rings is 2. The fourth-order valence-electron chi connectivity index (χ4n) is 1.30. The number of nitrogens with zero attached hydrogens (tertiary/aromatic N) is 4. The molecule has 19 heavy (non-hydrogen) atoms. The highest BCUT2D eigenvalue weighted by atomic mass is 16.6. The lowest BCUT2D eigenvalue weighted by Gasteiger charge is -2.04. The first-order chi connectivity index (χ1) is 9.09. The van der Waals surface area contributed by atoms with Gasteiger partial charge in [-0.2, -0.15) is 0 Å². The summed E-state index contributed by atoms with van der Waals surface area (Å²) < 4.78 is 5.11. The molecule has 0 atom stereocenters. The molecule has 0 aliphatic heterocycles. The molecule has 9 nitrogen and oxygen atoms in total. The van der Waals surface area contributed by atoms with E-state index in [4.69, 9.17) is 4.74 Å². The number of aromatic nitrogens is 2. The summed E-state index contributed by atoms with van der Waals surface area (Å²) in [7, 11) is 0. The molecular formula is C10H6N4O5. The highest BCUT2D eigenvalue weighted by molar-refractivity contribution is 5.46. The van der Waals surface area contributed by atoms with E-state index in [1.165, 1.54) is 36.7 Å². The summed E-state index contributed by atoms with van der Waals surface area (Å²) in [5, 5.41) is 21.5. The largest absolute Gasteiger partial charge is 0.425 e. The van der Waals surface area contributed by atoms with Gasteiger partial charge in [0.15, 0.2) is 0 Å². The molecule has 2 aromatic rings. The first-order valence-electron chi connectivity index (χ1n) is 4.96. The lowest BCUT2D eigenvalue weighted by Crippen LogP contribution is -1.99. The minimum absolute atomic E-state index is 0.214. The molecule has 96 valence electrons. The van der Waals surface area contributed by atoms with Gasteiger partial charge in [0.1, 0.15) is 6.20 Å². The lowest BCUT2D eigenvalue weighted by atomic mass is 10.4. The summed E-state index contributed by atoms with van der Waals surface area (Å²) in [5.41, 5.74) is -0.388. The van der Waals surface area contributed by atoms with Crippen molar-refractivity contribution in [3.05, 3.63) is 56.9 Å². The SMILES string of the molecule is O=[N+]([O-])c1cccnc1Oc1cccnc1[N+](=O)[O-]. The Hall–Kier alpha value is -3.10. The second-order valence-electron chi connectivity index (χ2n) is 3.27. The quantitative estimate of drug-likeness (QED) is 0.610. The van der Waals surface area contributed by atoms with Gasteiger partial charge in [-0.15, -0.1) is 0 Å². The Labute approximate surface area is 105 Å². The molecular weight excluding hydrogens is 256 g/mol. The van der Waals surface area contributed by atoms with Crippen molar-refractivity contribution >= 4 is 11.5 Å². The number of ether oxygens (including phenoxy) is 1. The Kier molecular flexibility index (Phi) is 3.28. The van der Waals surface area contributed by atoms with Crippen LogP contribution in [0.5, 0.6) is 11.6 Å². The third-order valence-corrected chi connectivity index (χ3v) is 2.08. The molecule has 0 aromatic carbocycles. The smallest absolute Gasteiger partial charge is 0.406 e. The van der Waals surface area contributed by atoms with Crippen molar-refractivity contribution in [3.8, 4) is 11.6 Å². The zero-order valence-corrected chi connectivity index (χ0v) is 9.29. The molecule has 0 saturated carbocycles. The van der Waals surface area contributed by atoms with E-state index in [0.717, 1.165) is 0 Å². The third-order valence-electron chi connectivity index (χ3n) is 2.08. The molecule has 0 amide bonds. The summed E-state index contributed by atoms with van der Waals surface area (Å²) in [6.07, 6.45) is 2.50. The highest BCUT2D eigenvalue weighted by Gasteiger charge is 2.22. The molecule has 0 saturated heterocycles. The van der Waals surface area contributed by atoms with E-state index in [2.05, 4.69) is 9.97 Å². The maximum absolute atomic E-state index is 10.8. The minimum Gasteiger partial charge on any atom is -0.425 e. The van der Waals surface area contributed by atoms with Crippen LogP contribution in [0.1, 0.15) is 0 Å². The highest BCUT2D eigenvalue weighted by Crippen LogP contribution is 2.32. The van der Waals surface area contributed by atoms with Crippen LogP contribution in [0.4, 0.5) is 11.5 Å². The van der Waals surface area contributed by atoms with E-state index in [1.54, 1.807) is 0 Å². The van der Waals surface area contributed by atoms with Gasteiger partial charge in [0.2, 0.25) is 5.75 Å². The Morgan fingerprint density at radius 3 is 2.37 bits per heavy atom. The monoisotopic (exact) mass is 262 g/mol. The first-order valence-corrected chi connectivity index (χ1v) is 4.96. The van der Waals surface area contributed by atoms with E-state index in [-0.39, 0.29) is 17.3 Å². The maximum atomic E-state index is 10.8. The van der Waals surface area contributed by atoms with Gasteiger partial charge in [-0.3, -0.25) is 10.1 Å². The van der Waals surface area contributed by atoms with E-state index >= 15 is 0 Å². The van der Waals surface area contributed by atoms with Crippen molar-refractivity contribution in [2.45, 2.75) is 0 Å². The molecule has 0 unspecified atom stereocenters. The average molecular weight is 262 g/mol. The summed E-state index contributed by atoms with van der Waals surface area (Å²) in [5.74, 6) is -1.08. The number of hydrogen-bond acceptors (Lipinski definition) is 7. The van der Waals surface area contributed by atoms with Crippen LogP contribution in [-0.2, 0) is 0 Å². The molecule has 0 aliphatic rings. The van der Waals surface area contributed by atoms with Crippen molar-refractivity contribution in [1.29, 1.82) is 0 Å². The van der Waals surface area contributed by atoms with Crippen LogP contribution in [0, 0.1) is 20.2 Å². The van der Waals surface area contributed by atoms with Gasteiger partial charge in [0, 0.05) is 12.3 Å². The van der Waals surface area contributed by atoms with Gasteiger partial charge in [-0.1, -0.05) is 0 Å². The van der Waals surface area contributed by atoms with Gasteiger partial charge in [0.05, 0.1) is 4.92 Å². The number of rotatable bonds is 4. The fraction of sp³-hybridized carbons (Fsp3) is 0. The Morgan fingerprint density at radius 1 is 1.00 bits per heavy atom. The van der Waals surface area contributed by atoms with Crippen molar-refractivity contribution in [3.63, 3.8) is 0 Å². The minimum atomic E-state index is -0.746. The van der Waals surface area contributed by atoms with Crippen molar-refractivity contribution in [2.75, 3.05) is 0 Å². The van der Waals surface area contributed by atoms with Crippen LogP contribution in [0.15, 0.2) is 36.7 Å². The molecule has 9 heteroatoms.